The third-order valence-electron chi connectivity index (χ3n) is 3.82. The van der Waals surface area contributed by atoms with Crippen molar-refractivity contribution in [3.05, 3.63) is 39.1 Å². The topological polar surface area (TPSA) is 15.6 Å². The summed E-state index contributed by atoms with van der Waals surface area (Å²) >= 11 is 10.1. The van der Waals surface area contributed by atoms with Gasteiger partial charge in [0.05, 0.1) is 12.2 Å². The Morgan fingerprint density at radius 1 is 1.38 bits per heavy atom. The second-order valence-electron chi connectivity index (χ2n) is 5.23. The first kappa shape index (κ1) is 13.7. The molecule has 3 heterocycles. The van der Waals surface area contributed by atoms with Gasteiger partial charge >= 0.3 is 0 Å². The van der Waals surface area contributed by atoms with Gasteiger partial charge in [-0.3, -0.25) is 4.99 Å². The molecule has 0 atom stereocenters. The number of thiophene rings is 1. The Hall–Kier alpha value is -0.970. The lowest BCUT2D eigenvalue weighted by molar-refractivity contribution is 0.646. The predicted octanol–water partition coefficient (Wildman–Crippen LogP) is 5.44. The Bertz CT molecular complexity index is 776. The van der Waals surface area contributed by atoms with Crippen molar-refractivity contribution in [1.29, 1.82) is 0 Å². The van der Waals surface area contributed by atoms with Crippen molar-refractivity contribution in [2.75, 3.05) is 13.1 Å². The number of nitrogens with zero attached hydrogens (tertiary/aromatic N) is 2. The first-order valence-electron chi connectivity index (χ1n) is 7.18. The van der Waals surface area contributed by atoms with Gasteiger partial charge in [-0.2, -0.15) is 0 Å². The SMILES string of the molecule is CCCC1=C(c2cc(Cl)c3ccsc3c2)N2CCN=C2S1. The number of thioether (sulfide) groups is 1. The third kappa shape index (κ3) is 2.20. The first-order chi connectivity index (χ1) is 10.3. The molecule has 21 heavy (non-hydrogen) atoms. The fourth-order valence-corrected chi connectivity index (χ4v) is 5.40. The van der Waals surface area contributed by atoms with Gasteiger partial charge in [0, 0.05) is 32.1 Å². The molecular weight excluding hydrogens is 320 g/mol. The molecule has 0 saturated carbocycles. The van der Waals surface area contributed by atoms with Crippen LogP contribution in [0.5, 0.6) is 0 Å². The minimum atomic E-state index is 0.849. The van der Waals surface area contributed by atoms with E-state index in [1.807, 2.05) is 11.8 Å². The average Bonchev–Trinajstić information content (AvgIpc) is 3.13. The van der Waals surface area contributed by atoms with E-state index in [1.54, 1.807) is 11.3 Å². The van der Waals surface area contributed by atoms with Crippen molar-refractivity contribution in [2.45, 2.75) is 19.8 Å². The summed E-state index contributed by atoms with van der Waals surface area (Å²) in [6, 6.07) is 6.49. The summed E-state index contributed by atoms with van der Waals surface area (Å²) in [7, 11) is 0. The summed E-state index contributed by atoms with van der Waals surface area (Å²) < 4.78 is 1.26. The lowest BCUT2D eigenvalue weighted by atomic mass is 10.1. The van der Waals surface area contributed by atoms with Crippen LogP contribution < -0.4 is 0 Å². The number of halogens is 1. The number of hydrogen-bond acceptors (Lipinski definition) is 4. The highest BCUT2D eigenvalue weighted by atomic mass is 35.5. The maximum Gasteiger partial charge on any atom is 0.168 e. The normalized spacial score (nSPS) is 17.8. The monoisotopic (exact) mass is 334 g/mol. The van der Waals surface area contributed by atoms with E-state index < -0.39 is 0 Å². The Labute approximate surface area is 137 Å². The van der Waals surface area contributed by atoms with E-state index in [-0.39, 0.29) is 0 Å². The van der Waals surface area contributed by atoms with Gasteiger partial charge in [0.25, 0.3) is 0 Å². The van der Waals surface area contributed by atoms with Gasteiger partial charge in [-0.15, -0.1) is 11.3 Å². The van der Waals surface area contributed by atoms with E-state index in [4.69, 9.17) is 11.6 Å². The Morgan fingerprint density at radius 2 is 2.29 bits per heavy atom. The zero-order valence-electron chi connectivity index (χ0n) is 11.7. The summed E-state index contributed by atoms with van der Waals surface area (Å²) in [6.45, 7) is 4.12. The summed E-state index contributed by atoms with van der Waals surface area (Å²) in [4.78, 5) is 8.41. The van der Waals surface area contributed by atoms with Crippen molar-refractivity contribution in [2.24, 2.45) is 4.99 Å². The van der Waals surface area contributed by atoms with Crippen LogP contribution in [0.25, 0.3) is 15.8 Å². The van der Waals surface area contributed by atoms with E-state index in [1.165, 1.54) is 20.9 Å². The lowest BCUT2D eigenvalue weighted by Gasteiger charge is -2.18. The molecule has 2 aromatic rings. The first-order valence-corrected chi connectivity index (χ1v) is 9.25. The molecule has 2 aliphatic heterocycles. The molecule has 0 fully saturated rings. The Balaban J connectivity index is 1.87. The minimum absolute atomic E-state index is 0.849. The van der Waals surface area contributed by atoms with Crippen LogP contribution in [0.3, 0.4) is 0 Å². The lowest BCUT2D eigenvalue weighted by Crippen LogP contribution is -2.20. The van der Waals surface area contributed by atoms with Crippen molar-refractivity contribution >= 4 is 55.7 Å². The minimum Gasteiger partial charge on any atom is -0.318 e. The standard InChI is InChI=1S/C16H15ClN2S2/c1-2-3-13-15(19-6-5-18-16(19)21-13)10-8-12(17)11-4-7-20-14(11)9-10/h4,7-9H,2-3,5-6H2,1H3. The van der Waals surface area contributed by atoms with E-state index in [9.17, 15) is 0 Å². The average molecular weight is 335 g/mol. The zero-order chi connectivity index (χ0) is 14.4. The predicted molar refractivity (Wildman–Crippen MR) is 95.3 cm³/mol. The zero-order valence-corrected chi connectivity index (χ0v) is 14.1. The van der Waals surface area contributed by atoms with Gasteiger partial charge in [-0.05, 0) is 30.0 Å². The maximum absolute atomic E-state index is 6.48. The Morgan fingerprint density at radius 3 is 3.14 bits per heavy atom. The molecule has 0 aliphatic carbocycles. The van der Waals surface area contributed by atoms with Gasteiger partial charge in [-0.25, -0.2) is 0 Å². The summed E-state index contributed by atoms with van der Waals surface area (Å²) in [5, 5.41) is 5.27. The number of amidine groups is 1. The van der Waals surface area contributed by atoms with Gasteiger partial charge in [-0.1, -0.05) is 36.7 Å². The summed E-state index contributed by atoms with van der Waals surface area (Å²) in [6.07, 6.45) is 2.26. The molecule has 0 spiro atoms. The van der Waals surface area contributed by atoms with Crippen LogP contribution in [0.15, 0.2) is 33.5 Å². The van der Waals surface area contributed by atoms with E-state index in [2.05, 4.69) is 40.4 Å². The van der Waals surface area contributed by atoms with E-state index >= 15 is 0 Å². The third-order valence-corrected chi connectivity index (χ3v) is 6.17. The van der Waals surface area contributed by atoms with Crippen LogP contribution >= 0.6 is 34.7 Å². The molecule has 1 aromatic heterocycles. The molecule has 2 aliphatic rings. The Kier molecular flexibility index (Phi) is 3.48. The number of rotatable bonds is 3. The van der Waals surface area contributed by atoms with Gasteiger partial charge in [0.15, 0.2) is 5.17 Å². The molecule has 1 aromatic carbocycles. The number of aliphatic imine (C=N–C) groups is 1. The summed E-state index contributed by atoms with van der Waals surface area (Å²) in [5.74, 6) is 0. The molecule has 0 saturated heterocycles. The van der Waals surface area contributed by atoms with E-state index in [0.29, 0.717) is 0 Å². The molecule has 0 amide bonds. The molecule has 108 valence electrons. The highest BCUT2D eigenvalue weighted by Gasteiger charge is 2.32. The van der Waals surface area contributed by atoms with Crippen LogP contribution in [0.1, 0.15) is 25.3 Å². The highest BCUT2D eigenvalue weighted by Crippen LogP contribution is 2.45. The van der Waals surface area contributed by atoms with Gasteiger partial charge < -0.3 is 4.90 Å². The van der Waals surface area contributed by atoms with Crippen molar-refractivity contribution < 1.29 is 0 Å². The van der Waals surface area contributed by atoms with Crippen molar-refractivity contribution in [3.63, 3.8) is 0 Å². The van der Waals surface area contributed by atoms with Gasteiger partial charge in [0.1, 0.15) is 0 Å². The van der Waals surface area contributed by atoms with Gasteiger partial charge in [0.2, 0.25) is 0 Å². The van der Waals surface area contributed by atoms with Crippen molar-refractivity contribution in [3.8, 4) is 0 Å². The molecule has 0 unspecified atom stereocenters. The number of benzene rings is 1. The van der Waals surface area contributed by atoms with E-state index in [0.717, 1.165) is 41.5 Å². The molecule has 0 N–H and O–H groups in total. The van der Waals surface area contributed by atoms with Crippen LogP contribution in [0.2, 0.25) is 5.02 Å². The van der Waals surface area contributed by atoms with Crippen LogP contribution in [0.4, 0.5) is 0 Å². The van der Waals surface area contributed by atoms with Crippen LogP contribution in [-0.4, -0.2) is 23.2 Å². The number of hydrogen-bond donors (Lipinski definition) is 0. The second-order valence-corrected chi connectivity index (χ2v) is 7.65. The van der Waals surface area contributed by atoms with Crippen molar-refractivity contribution in [1.82, 2.24) is 4.90 Å². The highest BCUT2D eigenvalue weighted by molar-refractivity contribution is 8.17. The molecule has 2 nitrogen and oxygen atoms in total. The maximum atomic E-state index is 6.48. The molecule has 0 radical (unpaired) electrons. The number of allylic oxidation sites excluding steroid dienone is 1. The fourth-order valence-electron chi connectivity index (χ4n) is 2.91. The summed E-state index contributed by atoms with van der Waals surface area (Å²) in [5.41, 5.74) is 2.56. The molecular formula is C16H15ClN2S2. The second kappa shape index (κ2) is 5.34. The molecule has 5 heteroatoms. The quantitative estimate of drug-likeness (QED) is 0.742. The number of fused-ring (bicyclic) bond motifs is 2. The molecule has 0 bridgehead atoms. The van der Waals surface area contributed by atoms with Crippen LogP contribution in [0, 0.1) is 0 Å². The largest absolute Gasteiger partial charge is 0.318 e. The fraction of sp³-hybridized carbons (Fsp3) is 0.312. The van der Waals surface area contributed by atoms with Crippen LogP contribution in [-0.2, 0) is 0 Å². The smallest absolute Gasteiger partial charge is 0.168 e. The molecule has 4 rings (SSSR count).